The summed E-state index contributed by atoms with van der Waals surface area (Å²) >= 11 is 0. The number of rotatable bonds is 4. The molecule has 0 heterocycles. The van der Waals surface area contributed by atoms with E-state index in [0.717, 1.165) is 0 Å². The Hall–Kier alpha value is -1.72. The maximum atomic E-state index is 9.11. The van der Waals surface area contributed by atoms with Gasteiger partial charge in [0.1, 0.15) is 25.3 Å². The van der Waals surface area contributed by atoms with Gasteiger partial charge in [-0.1, -0.05) is 0 Å². The molecule has 0 aliphatic carbocycles. The highest BCUT2D eigenvalue weighted by Gasteiger charge is 2.09. The highest BCUT2D eigenvalue weighted by molar-refractivity contribution is 5.35. The van der Waals surface area contributed by atoms with Crippen molar-refractivity contribution in [1.82, 2.24) is 0 Å². The van der Waals surface area contributed by atoms with E-state index in [-0.39, 0.29) is 6.61 Å². The van der Waals surface area contributed by atoms with Crippen LogP contribution in [0.3, 0.4) is 0 Å². The molecular formula is C9H14N3O2+. The second-order valence-corrected chi connectivity index (χ2v) is 3.77. The van der Waals surface area contributed by atoms with Gasteiger partial charge in [0.05, 0.1) is 21.1 Å². The largest absolute Gasteiger partial charge is 0.479 e. The van der Waals surface area contributed by atoms with E-state index in [0.29, 0.717) is 11.0 Å². The van der Waals surface area contributed by atoms with Crippen LogP contribution in [0.15, 0.2) is 11.5 Å². The normalized spacial score (nSPS) is 9.79. The van der Waals surface area contributed by atoms with E-state index < -0.39 is 11.5 Å². The van der Waals surface area contributed by atoms with Gasteiger partial charge in [-0.15, -0.1) is 0 Å². The molecule has 5 nitrogen and oxygen atoms in total. The fourth-order valence-electron chi connectivity index (χ4n) is 0.609. The molecule has 0 unspecified atom stereocenters. The molecule has 76 valence electrons. The second-order valence-electron chi connectivity index (χ2n) is 3.77. The van der Waals surface area contributed by atoms with Crippen LogP contribution in [0.2, 0.25) is 0 Å². The summed E-state index contributed by atoms with van der Waals surface area (Å²) in [7, 11) is 5.92. The lowest BCUT2D eigenvalue weighted by atomic mass is 10.3. The number of hydrogen-bond donors (Lipinski definition) is 1. The first-order valence-corrected chi connectivity index (χ1v) is 4.07. The van der Waals surface area contributed by atoms with Crippen molar-refractivity contribution in [3.8, 4) is 12.1 Å². The standard InChI is InChI=1S/C9H13N3O2/c1-12(2,3)4-5-14-9(13)8(6-10)7-11/h4-5H2,1-3H3/p+1. The Balaban J connectivity index is 4.12. The van der Waals surface area contributed by atoms with E-state index in [4.69, 9.17) is 20.4 Å². The van der Waals surface area contributed by atoms with Gasteiger partial charge in [-0.2, -0.15) is 10.5 Å². The summed E-state index contributed by atoms with van der Waals surface area (Å²) in [5, 5.41) is 25.9. The molecule has 0 rings (SSSR count). The van der Waals surface area contributed by atoms with Crippen molar-refractivity contribution < 1.29 is 14.3 Å². The predicted octanol–water partition coefficient (Wildman–Crippen LogP) is 0.526. The lowest BCUT2D eigenvalue weighted by Gasteiger charge is -2.23. The fourth-order valence-corrected chi connectivity index (χ4v) is 0.609. The molecule has 5 heteroatoms. The van der Waals surface area contributed by atoms with Gasteiger partial charge in [-0.05, 0) is 0 Å². The van der Waals surface area contributed by atoms with Crippen molar-refractivity contribution in [2.45, 2.75) is 0 Å². The van der Waals surface area contributed by atoms with E-state index in [1.807, 2.05) is 21.1 Å². The summed E-state index contributed by atoms with van der Waals surface area (Å²) in [6, 6.07) is 3.08. The summed E-state index contributed by atoms with van der Waals surface area (Å²) in [6.07, 6.45) is 0. The molecule has 0 aromatic carbocycles. The van der Waals surface area contributed by atoms with E-state index in [1.54, 1.807) is 0 Å². The van der Waals surface area contributed by atoms with Crippen LogP contribution in [-0.2, 0) is 4.74 Å². The van der Waals surface area contributed by atoms with Crippen LogP contribution in [0.4, 0.5) is 0 Å². The highest BCUT2D eigenvalue weighted by Crippen LogP contribution is 2.01. The van der Waals surface area contributed by atoms with Crippen molar-refractivity contribution in [2.24, 2.45) is 0 Å². The van der Waals surface area contributed by atoms with Crippen LogP contribution >= 0.6 is 0 Å². The maximum absolute atomic E-state index is 9.11. The quantitative estimate of drug-likeness (QED) is 0.404. The number of aliphatic hydroxyl groups excluding tert-OH is 1. The van der Waals surface area contributed by atoms with Crippen molar-refractivity contribution in [3.05, 3.63) is 11.5 Å². The molecule has 0 aliphatic heterocycles. The first-order valence-electron chi connectivity index (χ1n) is 4.07. The molecule has 0 aromatic heterocycles. The number of quaternary nitrogens is 1. The minimum absolute atomic E-state index is 0.266. The topological polar surface area (TPSA) is 77.0 Å². The van der Waals surface area contributed by atoms with Gasteiger partial charge in [0.2, 0.25) is 5.57 Å². The molecule has 0 amide bonds. The average Bonchev–Trinajstić information content (AvgIpc) is 2.04. The van der Waals surface area contributed by atoms with Crippen molar-refractivity contribution in [3.63, 3.8) is 0 Å². The van der Waals surface area contributed by atoms with Gasteiger partial charge in [0.15, 0.2) is 0 Å². The third kappa shape index (κ3) is 5.02. The molecule has 0 spiro atoms. The maximum Gasteiger partial charge on any atom is 0.306 e. The number of nitriles is 2. The Bertz CT molecular complexity index is 285. The van der Waals surface area contributed by atoms with E-state index in [9.17, 15) is 0 Å². The van der Waals surface area contributed by atoms with Crippen LogP contribution in [0.25, 0.3) is 0 Å². The predicted molar refractivity (Wildman–Crippen MR) is 49.7 cm³/mol. The minimum atomic E-state index is -0.594. The first kappa shape index (κ1) is 12.3. The Labute approximate surface area is 83.6 Å². The van der Waals surface area contributed by atoms with Crippen molar-refractivity contribution in [1.29, 1.82) is 10.5 Å². The van der Waals surface area contributed by atoms with Gasteiger partial charge in [0, 0.05) is 0 Å². The first-order chi connectivity index (χ1) is 6.40. The summed E-state index contributed by atoms with van der Waals surface area (Å²) < 4.78 is 5.52. The second kappa shape index (κ2) is 5.11. The monoisotopic (exact) mass is 196 g/mol. The number of nitrogens with zero attached hydrogens (tertiary/aromatic N) is 3. The molecule has 0 radical (unpaired) electrons. The van der Waals surface area contributed by atoms with Crippen LogP contribution in [0.5, 0.6) is 0 Å². The van der Waals surface area contributed by atoms with E-state index in [1.165, 1.54) is 12.1 Å². The smallest absolute Gasteiger partial charge is 0.306 e. The Morgan fingerprint density at radius 2 is 1.79 bits per heavy atom. The molecule has 14 heavy (non-hydrogen) atoms. The van der Waals surface area contributed by atoms with Crippen molar-refractivity contribution in [2.75, 3.05) is 34.3 Å². The number of likely N-dealkylation sites (N-methyl/N-ethyl adjacent to an activating group) is 1. The van der Waals surface area contributed by atoms with Crippen LogP contribution < -0.4 is 0 Å². The summed E-state index contributed by atoms with van der Waals surface area (Å²) in [6.45, 7) is 0.941. The molecule has 0 aliphatic rings. The average molecular weight is 196 g/mol. The molecule has 1 N–H and O–H groups in total. The van der Waals surface area contributed by atoms with E-state index in [2.05, 4.69) is 0 Å². The number of allylic oxidation sites excluding steroid dienone is 1. The number of ether oxygens (including phenoxy) is 1. The Morgan fingerprint density at radius 1 is 1.29 bits per heavy atom. The van der Waals surface area contributed by atoms with E-state index >= 15 is 0 Å². The summed E-state index contributed by atoms with van der Waals surface area (Å²) in [5.41, 5.74) is -0.397. The molecule has 0 saturated heterocycles. The van der Waals surface area contributed by atoms with Gasteiger partial charge in [-0.25, -0.2) is 0 Å². The van der Waals surface area contributed by atoms with Gasteiger partial charge in [-0.3, -0.25) is 0 Å². The fraction of sp³-hybridized carbons (Fsp3) is 0.556. The zero-order valence-corrected chi connectivity index (χ0v) is 8.61. The molecule has 0 atom stereocenters. The molecule has 0 aromatic rings. The van der Waals surface area contributed by atoms with Crippen LogP contribution in [0.1, 0.15) is 0 Å². The minimum Gasteiger partial charge on any atom is -0.479 e. The third-order valence-corrected chi connectivity index (χ3v) is 1.44. The van der Waals surface area contributed by atoms with Crippen molar-refractivity contribution >= 4 is 0 Å². The SMILES string of the molecule is C[N+](C)(C)CCOC(O)=C(C#N)C#N. The number of aliphatic hydroxyl groups is 1. The third-order valence-electron chi connectivity index (χ3n) is 1.44. The molecule has 0 bridgehead atoms. The van der Waals surface area contributed by atoms with Gasteiger partial charge in [0.25, 0.3) is 0 Å². The number of hydrogen-bond acceptors (Lipinski definition) is 4. The van der Waals surface area contributed by atoms with Crippen LogP contribution in [-0.4, -0.2) is 43.9 Å². The Morgan fingerprint density at radius 3 is 2.14 bits per heavy atom. The highest BCUT2D eigenvalue weighted by atomic mass is 16.6. The zero-order chi connectivity index (χ0) is 11.2. The summed E-state index contributed by atoms with van der Waals surface area (Å²) in [4.78, 5) is 0. The lowest BCUT2D eigenvalue weighted by molar-refractivity contribution is -0.870. The van der Waals surface area contributed by atoms with Crippen LogP contribution in [0, 0.1) is 22.7 Å². The lowest BCUT2D eigenvalue weighted by Crippen LogP contribution is -2.37. The molecule has 0 fully saturated rings. The van der Waals surface area contributed by atoms with Gasteiger partial charge < -0.3 is 14.3 Å². The van der Waals surface area contributed by atoms with Gasteiger partial charge >= 0.3 is 5.95 Å². The Kier molecular flexibility index (Phi) is 4.48. The summed E-state index contributed by atoms with van der Waals surface area (Å²) in [5.74, 6) is -0.594. The zero-order valence-electron chi connectivity index (χ0n) is 8.61. The molecular weight excluding hydrogens is 182 g/mol. The molecule has 0 saturated carbocycles.